The summed E-state index contributed by atoms with van der Waals surface area (Å²) in [6, 6.07) is -5.26. The van der Waals surface area contributed by atoms with Gasteiger partial charge in [0.15, 0.2) is 0 Å². The Morgan fingerprint density at radius 2 is 1.53 bits per heavy atom. The quantitative estimate of drug-likeness (QED) is 0.256. The first kappa shape index (κ1) is 30.8. The molecule has 1 aliphatic heterocycles. The molecule has 36 heavy (non-hydrogen) atoms. The fourth-order valence-corrected chi connectivity index (χ4v) is 4.21. The molecule has 204 valence electrons. The van der Waals surface area contributed by atoms with Crippen molar-refractivity contribution in [2.75, 3.05) is 20.6 Å². The number of amides is 4. The van der Waals surface area contributed by atoms with Crippen LogP contribution in [0.2, 0.25) is 0 Å². The molecule has 1 heterocycles. The highest BCUT2D eigenvalue weighted by atomic mass is 16.4. The molecule has 1 fully saturated rings. The smallest absolute Gasteiger partial charge is 0.327 e. The fourth-order valence-electron chi connectivity index (χ4n) is 4.21. The lowest BCUT2D eigenvalue weighted by atomic mass is 9.99. The predicted octanol–water partition coefficient (Wildman–Crippen LogP) is -0.911. The Balaban J connectivity index is 3.03. The Kier molecular flexibility index (Phi) is 11.3. The molecule has 0 aromatic heterocycles. The Morgan fingerprint density at radius 3 is 2.00 bits per heavy atom. The van der Waals surface area contributed by atoms with E-state index in [-0.39, 0.29) is 18.2 Å². The van der Waals surface area contributed by atoms with Crippen LogP contribution in [0.3, 0.4) is 0 Å². The normalized spacial score (nSPS) is 18.7. The van der Waals surface area contributed by atoms with Gasteiger partial charge in [-0.2, -0.15) is 0 Å². The average molecular weight is 514 g/mol. The average Bonchev–Trinajstić information content (AvgIpc) is 3.28. The van der Waals surface area contributed by atoms with Gasteiger partial charge in [0, 0.05) is 20.6 Å². The minimum atomic E-state index is -1.61. The van der Waals surface area contributed by atoms with Crippen LogP contribution in [0.15, 0.2) is 0 Å². The summed E-state index contributed by atoms with van der Waals surface area (Å²) < 4.78 is 0. The topological polar surface area (TPSA) is 191 Å². The zero-order valence-corrected chi connectivity index (χ0v) is 21.8. The first-order valence-electron chi connectivity index (χ1n) is 11.9. The van der Waals surface area contributed by atoms with E-state index in [1.54, 1.807) is 0 Å². The maximum atomic E-state index is 13.2. The van der Waals surface area contributed by atoms with Crippen molar-refractivity contribution in [2.45, 2.75) is 83.6 Å². The van der Waals surface area contributed by atoms with Crippen LogP contribution >= 0.6 is 0 Å². The minimum absolute atomic E-state index is 0.0634. The molecule has 0 unspecified atom stereocenters. The number of rotatable bonds is 12. The Morgan fingerprint density at radius 1 is 0.972 bits per heavy atom. The standard InChI is InChI=1S/C23H39N5O8/c1-12(2)10-16(22(34)27(6)17(23(35)36)11-18(29)30)26(5)21(33)14(4)25-19(31)15-8-7-9-28(15)20(32)13(3)24/h12-17H,7-11,24H2,1-6H3,(H,25,31)(H,29,30)(H,35,36)/t13-,14-,15-,16-,17-/m0/s1. The van der Waals surface area contributed by atoms with Crippen LogP contribution in [0.5, 0.6) is 0 Å². The van der Waals surface area contributed by atoms with Crippen LogP contribution in [-0.2, 0) is 28.8 Å². The lowest BCUT2D eigenvalue weighted by Gasteiger charge is -2.35. The van der Waals surface area contributed by atoms with Gasteiger partial charge in [0.05, 0.1) is 12.5 Å². The number of carboxylic acid groups (broad SMARTS) is 2. The molecule has 13 nitrogen and oxygen atoms in total. The molecule has 0 spiro atoms. The van der Waals surface area contributed by atoms with Gasteiger partial charge < -0.3 is 36.0 Å². The van der Waals surface area contributed by atoms with Gasteiger partial charge in [-0.25, -0.2) is 4.79 Å². The number of nitrogens with two attached hydrogens (primary N) is 1. The molecule has 0 saturated carbocycles. The van der Waals surface area contributed by atoms with Gasteiger partial charge >= 0.3 is 11.9 Å². The second-order valence-corrected chi connectivity index (χ2v) is 9.70. The molecule has 0 aromatic carbocycles. The zero-order chi connectivity index (χ0) is 27.9. The highest BCUT2D eigenvalue weighted by Crippen LogP contribution is 2.20. The first-order chi connectivity index (χ1) is 16.6. The summed E-state index contributed by atoms with van der Waals surface area (Å²) in [7, 11) is 2.56. The van der Waals surface area contributed by atoms with Gasteiger partial charge in [-0.1, -0.05) is 13.8 Å². The molecule has 5 N–H and O–H groups in total. The zero-order valence-electron chi connectivity index (χ0n) is 21.8. The van der Waals surface area contributed by atoms with E-state index in [1.165, 1.54) is 32.8 Å². The van der Waals surface area contributed by atoms with Crippen LogP contribution < -0.4 is 11.1 Å². The molecular formula is C23H39N5O8. The predicted molar refractivity (Wildman–Crippen MR) is 128 cm³/mol. The number of carbonyl (C=O) groups is 6. The SMILES string of the molecule is CC(C)C[C@@H](C(=O)N(C)[C@@H](CC(=O)O)C(=O)O)N(C)C(=O)[C@H](C)NC(=O)[C@@H]1CCCN1C(=O)[C@H](C)N. The highest BCUT2D eigenvalue weighted by molar-refractivity contribution is 5.95. The summed E-state index contributed by atoms with van der Waals surface area (Å²) in [6.07, 6.45) is 0.441. The van der Waals surface area contributed by atoms with Gasteiger partial charge in [0.2, 0.25) is 23.6 Å². The molecule has 1 saturated heterocycles. The van der Waals surface area contributed by atoms with Crippen molar-refractivity contribution < 1.29 is 39.0 Å². The molecule has 0 aromatic rings. The van der Waals surface area contributed by atoms with Crippen molar-refractivity contribution in [2.24, 2.45) is 11.7 Å². The Hall–Kier alpha value is -3.22. The van der Waals surface area contributed by atoms with E-state index >= 15 is 0 Å². The summed E-state index contributed by atoms with van der Waals surface area (Å²) >= 11 is 0. The van der Waals surface area contributed by atoms with E-state index in [4.69, 9.17) is 10.8 Å². The number of nitrogens with one attached hydrogen (secondary N) is 1. The summed E-state index contributed by atoms with van der Waals surface area (Å²) in [5, 5.41) is 21.1. The van der Waals surface area contributed by atoms with Gasteiger partial charge in [-0.3, -0.25) is 24.0 Å². The molecule has 4 amide bonds. The molecule has 0 aliphatic carbocycles. The number of aliphatic carboxylic acids is 2. The van der Waals surface area contributed by atoms with Crippen molar-refractivity contribution in [3.63, 3.8) is 0 Å². The summed E-state index contributed by atoms with van der Waals surface area (Å²) in [6.45, 7) is 7.01. The van der Waals surface area contributed by atoms with Crippen LogP contribution in [-0.4, -0.2) is 111 Å². The largest absolute Gasteiger partial charge is 0.481 e. The molecule has 13 heteroatoms. The minimum Gasteiger partial charge on any atom is -0.481 e. The molecular weight excluding hydrogens is 474 g/mol. The Bertz CT molecular complexity index is 861. The number of carbonyl (C=O) groups excluding carboxylic acids is 4. The van der Waals surface area contributed by atoms with Crippen molar-refractivity contribution in [1.29, 1.82) is 0 Å². The number of likely N-dealkylation sites (tertiary alicyclic amines) is 1. The number of hydrogen-bond acceptors (Lipinski definition) is 7. The van der Waals surface area contributed by atoms with Gasteiger partial charge in [-0.05, 0) is 39.0 Å². The second-order valence-electron chi connectivity index (χ2n) is 9.70. The van der Waals surface area contributed by atoms with Crippen LogP contribution in [0.1, 0.15) is 53.4 Å². The van der Waals surface area contributed by atoms with Crippen LogP contribution in [0.25, 0.3) is 0 Å². The second kappa shape index (κ2) is 13.2. The summed E-state index contributed by atoms with van der Waals surface area (Å²) in [5.74, 6) is -5.11. The fraction of sp³-hybridized carbons (Fsp3) is 0.739. The molecule has 0 radical (unpaired) electrons. The molecule has 1 rings (SSSR count). The van der Waals surface area contributed by atoms with E-state index in [9.17, 15) is 33.9 Å². The lowest BCUT2D eigenvalue weighted by Crippen LogP contribution is -2.58. The number of hydrogen-bond donors (Lipinski definition) is 4. The van der Waals surface area contributed by atoms with E-state index in [0.717, 1.165) is 9.80 Å². The van der Waals surface area contributed by atoms with Gasteiger partial charge in [-0.15, -0.1) is 0 Å². The highest BCUT2D eigenvalue weighted by Gasteiger charge is 2.39. The van der Waals surface area contributed by atoms with Crippen molar-refractivity contribution >= 4 is 35.6 Å². The third kappa shape index (κ3) is 7.90. The first-order valence-corrected chi connectivity index (χ1v) is 11.9. The van der Waals surface area contributed by atoms with Crippen molar-refractivity contribution in [1.82, 2.24) is 20.0 Å². The van der Waals surface area contributed by atoms with Crippen molar-refractivity contribution in [3.05, 3.63) is 0 Å². The number of likely N-dealkylation sites (N-methyl/N-ethyl adjacent to an activating group) is 2. The number of carboxylic acids is 2. The van der Waals surface area contributed by atoms with Gasteiger partial charge in [0.1, 0.15) is 24.2 Å². The summed E-state index contributed by atoms with van der Waals surface area (Å²) in [5.41, 5.74) is 5.67. The van der Waals surface area contributed by atoms with E-state index in [0.29, 0.717) is 19.4 Å². The van der Waals surface area contributed by atoms with E-state index in [2.05, 4.69) is 5.32 Å². The molecule has 5 atom stereocenters. The number of nitrogens with zero attached hydrogens (tertiary/aromatic N) is 3. The monoisotopic (exact) mass is 513 g/mol. The third-order valence-electron chi connectivity index (χ3n) is 6.22. The van der Waals surface area contributed by atoms with E-state index < -0.39 is 66.3 Å². The lowest BCUT2D eigenvalue weighted by molar-refractivity contribution is -0.156. The van der Waals surface area contributed by atoms with Crippen molar-refractivity contribution in [3.8, 4) is 0 Å². The maximum absolute atomic E-state index is 13.2. The van der Waals surface area contributed by atoms with Gasteiger partial charge in [0.25, 0.3) is 0 Å². The maximum Gasteiger partial charge on any atom is 0.327 e. The summed E-state index contributed by atoms with van der Waals surface area (Å²) in [4.78, 5) is 77.6. The third-order valence-corrected chi connectivity index (χ3v) is 6.22. The van der Waals surface area contributed by atoms with Crippen LogP contribution in [0.4, 0.5) is 0 Å². The molecule has 0 bridgehead atoms. The molecule has 1 aliphatic rings. The Labute approximate surface area is 210 Å². The van der Waals surface area contributed by atoms with Crippen LogP contribution in [0, 0.1) is 5.92 Å². The van der Waals surface area contributed by atoms with E-state index in [1.807, 2.05) is 13.8 Å².